The highest BCUT2D eigenvalue weighted by Crippen LogP contribution is 2.30. The maximum atomic E-state index is 5.68. The van der Waals surface area contributed by atoms with Crippen molar-refractivity contribution in [1.29, 1.82) is 0 Å². The molecular weight excluding hydrogens is 338 g/mol. The summed E-state index contributed by atoms with van der Waals surface area (Å²) in [6.07, 6.45) is 0.663. The van der Waals surface area contributed by atoms with Gasteiger partial charge in [-0.05, 0) is 40.0 Å². The van der Waals surface area contributed by atoms with Crippen molar-refractivity contribution in [3.05, 3.63) is 34.1 Å². The van der Waals surface area contributed by atoms with E-state index in [1.54, 1.807) is 18.9 Å². The van der Waals surface area contributed by atoms with Crippen LogP contribution in [0.3, 0.4) is 0 Å². The van der Waals surface area contributed by atoms with Gasteiger partial charge in [0.05, 0.1) is 26.0 Å². The molecule has 0 fully saturated rings. The molecule has 1 aromatic carbocycles. The maximum absolute atomic E-state index is 5.68. The van der Waals surface area contributed by atoms with E-state index in [4.69, 9.17) is 15.3 Å². The number of nitrogens with two attached hydrogens (primary N) is 1. The molecule has 0 spiro atoms. The summed E-state index contributed by atoms with van der Waals surface area (Å²) < 4.78 is 12.9. The second-order valence-electron chi connectivity index (χ2n) is 4.50. The number of hydrogen-bond acceptors (Lipinski definition) is 6. The van der Waals surface area contributed by atoms with Crippen LogP contribution in [0.4, 0.5) is 0 Å². The molecule has 1 unspecified atom stereocenters. The molecule has 0 saturated carbocycles. The quantitative estimate of drug-likeness (QED) is 0.600. The molecule has 0 saturated heterocycles. The molecule has 8 heteroatoms. The molecule has 2 aromatic rings. The van der Waals surface area contributed by atoms with Crippen molar-refractivity contribution in [2.24, 2.45) is 12.9 Å². The standard InChI is InChI=1S/C13H18BrN5O2/c1-19-12(13(14)17-18-19)9(16-15)6-8-4-5-10(20-2)11(7-8)21-3/h4-5,7,9,16H,6,15H2,1-3H3. The number of benzene rings is 1. The Bertz CT molecular complexity index is 597. The Hall–Kier alpha value is -1.64. The zero-order valence-corrected chi connectivity index (χ0v) is 13.7. The molecule has 1 atom stereocenters. The van der Waals surface area contributed by atoms with Crippen LogP contribution in [0.25, 0.3) is 0 Å². The molecule has 21 heavy (non-hydrogen) atoms. The summed E-state index contributed by atoms with van der Waals surface area (Å²) >= 11 is 3.39. The van der Waals surface area contributed by atoms with Gasteiger partial charge in [0.1, 0.15) is 0 Å². The lowest BCUT2D eigenvalue weighted by molar-refractivity contribution is 0.354. The van der Waals surface area contributed by atoms with Crippen molar-refractivity contribution in [2.45, 2.75) is 12.5 Å². The smallest absolute Gasteiger partial charge is 0.160 e. The van der Waals surface area contributed by atoms with Gasteiger partial charge >= 0.3 is 0 Å². The third-order valence-corrected chi connectivity index (χ3v) is 3.81. The van der Waals surface area contributed by atoms with Gasteiger partial charge in [0.25, 0.3) is 0 Å². The van der Waals surface area contributed by atoms with E-state index in [0.717, 1.165) is 11.3 Å². The fraction of sp³-hybridized carbons (Fsp3) is 0.385. The van der Waals surface area contributed by atoms with Crippen molar-refractivity contribution >= 4 is 15.9 Å². The van der Waals surface area contributed by atoms with E-state index in [9.17, 15) is 0 Å². The predicted molar refractivity (Wildman–Crippen MR) is 82.0 cm³/mol. The molecule has 2 rings (SSSR count). The third-order valence-electron chi connectivity index (χ3n) is 3.25. The molecule has 7 nitrogen and oxygen atoms in total. The van der Waals surface area contributed by atoms with Crippen LogP contribution in [0.1, 0.15) is 17.3 Å². The SMILES string of the molecule is COc1ccc(CC(NN)c2c(Br)nnn2C)cc1OC. The average molecular weight is 356 g/mol. The number of hydrogen-bond donors (Lipinski definition) is 2. The molecule has 0 radical (unpaired) electrons. The van der Waals surface area contributed by atoms with Crippen LogP contribution in [-0.4, -0.2) is 29.2 Å². The number of ether oxygens (including phenoxy) is 2. The second-order valence-corrected chi connectivity index (χ2v) is 5.25. The fourth-order valence-corrected chi connectivity index (χ4v) is 2.79. The van der Waals surface area contributed by atoms with Crippen molar-refractivity contribution in [1.82, 2.24) is 20.4 Å². The van der Waals surface area contributed by atoms with E-state index < -0.39 is 0 Å². The summed E-state index contributed by atoms with van der Waals surface area (Å²) in [7, 11) is 5.05. The number of rotatable bonds is 6. The van der Waals surface area contributed by atoms with Crippen LogP contribution >= 0.6 is 15.9 Å². The zero-order chi connectivity index (χ0) is 15.4. The lowest BCUT2D eigenvalue weighted by Crippen LogP contribution is -2.31. The Kier molecular flexibility index (Phi) is 5.16. The summed E-state index contributed by atoms with van der Waals surface area (Å²) in [4.78, 5) is 0. The lowest BCUT2D eigenvalue weighted by Gasteiger charge is -2.17. The molecule has 114 valence electrons. The Labute approximate surface area is 131 Å². The van der Waals surface area contributed by atoms with Gasteiger partial charge in [-0.25, -0.2) is 4.68 Å². The van der Waals surface area contributed by atoms with E-state index in [1.165, 1.54) is 0 Å². The van der Waals surface area contributed by atoms with Crippen molar-refractivity contribution in [3.63, 3.8) is 0 Å². The highest BCUT2D eigenvalue weighted by Gasteiger charge is 2.20. The lowest BCUT2D eigenvalue weighted by atomic mass is 10.0. The highest BCUT2D eigenvalue weighted by molar-refractivity contribution is 9.10. The van der Waals surface area contributed by atoms with E-state index in [0.29, 0.717) is 22.5 Å². The first kappa shape index (κ1) is 15.7. The van der Waals surface area contributed by atoms with Crippen molar-refractivity contribution in [2.75, 3.05) is 14.2 Å². The second kappa shape index (κ2) is 6.88. The molecule has 0 aliphatic heterocycles. The molecular formula is C13H18BrN5O2. The molecule has 3 N–H and O–H groups in total. The Balaban J connectivity index is 2.27. The fourth-order valence-electron chi connectivity index (χ4n) is 2.19. The Morgan fingerprint density at radius 1 is 1.33 bits per heavy atom. The first-order valence-electron chi connectivity index (χ1n) is 6.32. The molecule has 0 bridgehead atoms. The first-order chi connectivity index (χ1) is 10.1. The van der Waals surface area contributed by atoms with Crippen molar-refractivity contribution in [3.8, 4) is 11.5 Å². The Morgan fingerprint density at radius 3 is 2.57 bits per heavy atom. The van der Waals surface area contributed by atoms with Gasteiger partial charge in [0.2, 0.25) is 0 Å². The van der Waals surface area contributed by atoms with Gasteiger partial charge in [0, 0.05) is 7.05 Å². The molecule has 0 aliphatic carbocycles. The molecule has 1 aromatic heterocycles. The number of aryl methyl sites for hydroxylation is 1. The summed E-state index contributed by atoms with van der Waals surface area (Å²) in [6, 6.07) is 5.65. The summed E-state index contributed by atoms with van der Waals surface area (Å²) in [5.41, 5.74) is 4.74. The van der Waals surface area contributed by atoms with E-state index in [1.807, 2.05) is 25.2 Å². The minimum atomic E-state index is -0.127. The predicted octanol–water partition coefficient (Wildman–Crippen LogP) is 1.34. The number of nitrogens with zero attached hydrogens (tertiary/aromatic N) is 3. The average Bonchev–Trinajstić information content (AvgIpc) is 2.83. The number of hydrazine groups is 1. The topological polar surface area (TPSA) is 87.2 Å². The molecule has 0 amide bonds. The minimum absolute atomic E-state index is 0.127. The van der Waals surface area contributed by atoms with E-state index in [-0.39, 0.29) is 6.04 Å². The number of methoxy groups -OCH3 is 2. The van der Waals surface area contributed by atoms with Gasteiger partial charge in [-0.2, -0.15) is 0 Å². The van der Waals surface area contributed by atoms with Gasteiger partial charge in [-0.3, -0.25) is 11.3 Å². The van der Waals surface area contributed by atoms with Crippen LogP contribution in [0, 0.1) is 0 Å². The first-order valence-corrected chi connectivity index (χ1v) is 7.12. The third kappa shape index (κ3) is 3.34. The monoisotopic (exact) mass is 355 g/mol. The van der Waals surface area contributed by atoms with Crippen LogP contribution in [0.15, 0.2) is 22.8 Å². The van der Waals surface area contributed by atoms with Crippen LogP contribution in [0.5, 0.6) is 11.5 Å². The minimum Gasteiger partial charge on any atom is -0.493 e. The summed E-state index contributed by atoms with van der Waals surface area (Å²) in [6.45, 7) is 0. The largest absolute Gasteiger partial charge is 0.493 e. The van der Waals surface area contributed by atoms with Crippen LogP contribution in [0.2, 0.25) is 0 Å². The van der Waals surface area contributed by atoms with Gasteiger partial charge in [0.15, 0.2) is 16.1 Å². The van der Waals surface area contributed by atoms with Crippen LogP contribution < -0.4 is 20.7 Å². The van der Waals surface area contributed by atoms with Gasteiger partial charge in [-0.15, -0.1) is 5.10 Å². The Morgan fingerprint density at radius 2 is 2.05 bits per heavy atom. The highest BCUT2D eigenvalue weighted by atomic mass is 79.9. The molecule has 1 heterocycles. The van der Waals surface area contributed by atoms with E-state index in [2.05, 4.69) is 31.7 Å². The van der Waals surface area contributed by atoms with Crippen LogP contribution in [-0.2, 0) is 13.5 Å². The zero-order valence-electron chi connectivity index (χ0n) is 12.1. The number of nitrogens with one attached hydrogen (secondary N) is 1. The van der Waals surface area contributed by atoms with Crippen molar-refractivity contribution < 1.29 is 9.47 Å². The summed E-state index contributed by atoms with van der Waals surface area (Å²) in [5.74, 6) is 7.06. The normalized spacial score (nSPS) is 12.2. The van der Waals surface area contributed by atoms with Gasteiger partial charge in [-0.1, -0.05) is 11.3 Å². The maximum Gasteiger partial charge on any atom is 0.160 e. The number of aromatic nitrogens is 3. The number of halogens is 1. The molecule has 0 aliphatic rings. The summed E-state index contributed by atoms with van der Waals surface area (Å²) in [5, 5.41) is 7.94. The van der Waals surface area contributed by atoms with E-state index >= 15 is 0 Å². The van der Waals surface area contributed by atoms with Gasteiger partial charge < -0.3 is 9.47 Å².